The smallest absolute Gasteiger partial charge is 0.306 e. The van der Waals surface area contributed by atoms with Gasteiger partial charge in [-0.1, -0.05) is 214 Å². The predicted molar refractivity (Wildman–Crippen MR) is 270 cm³/mol. The van der Waals surface area contributed by atoms with Gasteiger partial charge in [0.15, 0.2) is 6.10 Å². The van der Waals surface area contributed by atoms with Crippen LogP contribution in [0.1, 0.15) is 226 Å². The topological polar surface area (TPSA) is 78.9 Å². The Kier molecular flexibility index (Phi) is 48.0. The average Bonchev–Trinajstić information content (AvgIpc) is 3.28. The number of hydrogen-bond acceptors (Lipinski definition) is 6. The number of rotatable bonds is 45. The molecule has 0 aromatic carbocycles. The Hall–Kier alpha value is -3.67. The van der Waals surface area contributed by atoms with E-state index in [9.17, 15) is 14.4 Å². The minimum atomic E-state index is -0.806. The summed E-state index contributed by atoms with van der Waals surface area (Å²) in [5.41, 5.74) is 0. The quantitative estimate of drug-likeness (QED) is 0.0262. The van der Waals surface area contributed by atoms with Gasteiger partial charge in [-0.2, -0.15) is 0 Å². The highest BCUT2D eigenvalue weighted by Gasteiger charge is 2.19. The van der Waals surface area contributed by atoms with Gasteiger partial charge in [-0.3, -0.25) is 14.4 Å². The van der Waals surface area contributed by atoms with Crippen LogP contribution in [0.4, 0.5) is 0 Å². The van der Waals surface area contributed by atoms with E-state index in [0.29, 0.717) is 19.3 Å². The summed E-state index contributed by atoms with van der Waals surface area (Å²) in [6, 6.07) is 0. The molecule has 0 fully saturated rings. The summed E-state index contributed by atoms with van der Waals surface area (Å²) in [5, 5.41) is 0. The van der Waals surface area contributed by atoms with Gasteiger partial charge in [0.25, 0.3) is 0 Å². The molecule has 6 nitrogen and oxygen atoms in total. The Morgan fingerprint density at radius 3 is 1.03 bits per heavy atom. The minimum Gasteiger partial charge on any atom is -0.462 e. The van der Waals surface area contributed by atoms with E-state index in [-0.39, 0.29) is 37.5 Å². The first-order valence-electron chi connectivity index (χ1n) is 25.7. The Labute approximate surface area is 387 Å². The molecule has 6 heteroatoms. The second-order valence-electron chi connectivity index (χ2n) is 16.7. The molecular weight excluding hydrogens is 781 g/mol. The maximum absolute atomic E-state index is 12.8. The van der Waals surface area contributed by atoms with Crippen molar-refractivity contribution in [1.82, 2.24) is 0 Å². The molecule has 0 aliphatic carbocycles. The number of carbonyl (C=O) groups excluding carboxylic acids is 3. The van der Waals surface area contributed by atoms with Crippen LogP contribution in [0.15, 0.2) is 97.2 Å². The van der Waals surface area contributed by atoms with Crippen molar-refractivity contribution >= 4 is 17.9 Å². The maximum Gasteiger partial charge on any atom is 0.306 e. The van der Waals surface area contributed by atoms with Gasteiger partial charge < -0.3 is 14.2 Å². The third-order valence-electron chi connectivity index (χ3n) is 10.6. The number of hydrogen-bond donors (Lipinski definition) is 0. The van der Waals surface area contributed by atoms with Gasteiger partial charge in [-0.05, 0) is 89.9 Å². The van der Waals surface area contributed by atoms with Gasteiger partial charge >= 0.3 is 17.9 Å². The van der Waals surface area contributed by atoms with Gasteiger partial charge in [0.1, 0.15) is 13.2 Å². The highest BCUT2D eigenvalue weighted by molar-refractivity contribution is 5.71. The van der Waals surface area contributed by atoms with Crippen molar-refractivity contribution in [3.8, 4) is 0 Å². The van der Waals surface area contributed by atoms with Crippen LogP contribution in [-0.2, 0) is 28.6 Å². The molecule has 0 unspecified atom stereocenters. The number of ether oxygens (including phenoxy) is 3. The second kappa shape index (κ2) is 51.0. The highest BCUT2D eigenvalue weighted by atomic mass is 16.6. The molecule has 0 aromatic heterocycles. The van der Waals surface area contributed by atoms with Gasteiger partial charge in [-0.15, -0.1) is 0 Å². The number of esters is 3. The summed E-state index contributed by atoms with van der Waals surface area (Å²) in [7, 11) is 0. The fourth-order valence-electron chi connectivity index (χ4n) is 6.79. The van der Waals surface area contributed by atoms with Crippen molar-refractivity contribution < 1.29 is 28.6 Å². The summed E-state index contributed by atoms with van der Waals surface area (Å²) >= 11 is 0. The normalized spacial score (nSPS) is 12.9. The Balaban J connectivity index is 4.50. The summed E-state index contributed by atoms with van der Waals surface area (Å²) in [4.78, 5) is 38.0. The van der Waals surface area contributed by atoms with Crippen molar-refractivity contribution in [3.63, 3.8) is 0 Å². The Bertz CT molecular complexity index is 1280. The van der Waals surface area contributed by atoms with Crippen LogP contribution in [-0.4, -0.2) is 37.2 Å². The van der Waals surface area contributed by atoms with Crippen LogP contribution >= 0.6 is 0 Å². The fraction of sp³-hybridized carbons (Fsp3) is 0.667. The number of unbranched alkanes of at least 4 members (excludes halogenated alkanes) is 18. The van der Waals surface area contributed by atoms with Crippen molar-refractivity contribution in [2.45, 2.75) is 232 Å². The molecule has 0 aliphatic heterocycles. The molecule has 0 bridgehead atoms. The first kappa shape index (κ1) is 59.3. The molecule has 0 spiro atoms. The van der Waals surface area contributed by atoms with Crippen LogP contribution in [0.25, 0.3) is 0 Å². The lowest BCUT2D eigenvalue weighted by Gasteiger charge is -2.18. The van der Waals surface area contributed by atoms with Crippen molar-refractivity contribution in [3.05, 3.63) is 97.2 Å². The minimum absolute atomic E-state index is 0.104. The van der Waals surface area contributed by atoms with Crippen LogP contribution in [0, 0.1) is 0 Å². The molecule has 0 saturated carbocycles. The summed E-state index contributed by atoms with van der Waals surface area (Å²) in [5.74, 6) is -0.981. The molecule has 63 heavy (non-hydrogen) atoms. The summed E-state index contributed by atoms with van der Waals surface area (Å²) in [6.07, 6.45) is 66.8. The molecule has 0 saturated heterocycles. The van der Waals surface area contributed by atoms with Crippen molar-refractivity contribution in [2.24, 2.45) is 0 Å². The molecule has 1 atom stereocenters. The third-order valence-corrected chi connectivity index (χ3v) is 10.6. The van der Waals surface area contributed by atoms with Crippen molar-refractivity contribution in [2.75, 3.05) is 13.2 Å². The first-order valence-corrected chi connectivity index (χ1v) is 25.7. The average molecular weight is 875 g/mol. The Morgan fingerprint density at radius 1 is 0.333 bits per heavy atom. The van der Waals surface area contributed by atoms with Gasteiger partial charge in [0.05, 0.1) is 0 Å². The van der Waals surface area contributed by atoms with E-state index < -0.39 is 6.10 Å². The SMILES string of the molecule is CC/C=C\C/C=C\C/C=C\C/C=C\C/C=C\CCCC(=O)OC[C@H](COC(=O)CCCCCCC/C=C\C/C=C\C/C=C\CC)OC(=O)CCCCCCCCCCCCCCC. The lowest BCUT2D eigenvalue weighted by Crippen LogP contribution is -2.30. The van der Waals surface area contributed by atoms with Crippen LogP contribution in [0.5, 0.6) is 0 Å². The zero-order valence-electron chi connectivity index (χ0n) is 40.8. The van der Waals surface area contributed by atoms with Gasteiger partial charge in [0.2, 0.25) is 0 Å². The van der Waals surface area contributed by atoms with E-state index in [0.717, 1.165) is 116 Å². The monoisotopic (exact) mass is 875 g/mol. The molecule has 0 heterocycles. The largest absolute Gasteiger partial charge is 0.462 e. The second-order valence-corrected chi connectivity index (χ2v) is 16.7. The van der Waals surface area contributed by atoms with E-state index >= 15 is 0 Å². The van der Waals surface area contributed by atoms with E-state index in [1.54, 1.807) is 0 Å². The molecule has 358 valence electrons. The summed E-state index contributed by atoms with van der Waals surface area (Å²) in [6.45, 7) is 6.34. The molecule has 0 amide bonds. The zero-order valence-corrected chi connectivity index (χ0v) is 40.8. The zero-order chi connectivity index (χ0) is 45.8. The predicted octanol–water partition coefficient (Wildman–Crippen LogP) is 17.0. The molecular formula is C57H94O6. The molecule has 0 radical (unpaired) electrons. The van der Waals surface area contributed by atoms with E-state index in [1.807, 2.05) is 0 Å². The fourth-order valence-corrected chi connectivity index (χ4v) is 6.79. The van der Waals surface area contributed by atoms with Crippen LogP contribution in [0.3, 0.4) is 0 Å². The van der Waals surface area contributed by atoms with Crippen LogP contribution < -0.4 is 0 Å². The third kappa shape index (κ3) is 49.2. The molecule has 0 N–H and O–H groups in total. The maximum atomic E-state index is 12.8. The highest BCUT2D eigenvalue weighted by Crippen LogP contribution is 2.14. The van der Waals surface area contributed by atoms with E-state index in [4.69, 9.17) is 14.2 Å². The lowest BCUT2D eigenvalue weighted by molar-refractivity contribution is -0.167. The standard InChI is InChI=1S/C57H94O6/c1-4-7-10-13-16-19-22-25-27-28-30-33-35-38-41-44-47-50-56(59)62-53-54(63-57(60)51-48-45-42-39-36-31-24-21-18-15-12-9-6-3)52-61-55(58)49-46-43-40-37-34-32-29-26-23-20-17-14-11-8-5-2/h7-8,10-11,16-17,19-20,25-27,29-30,33,38,41,54H,4-6,9,12-15,18,21-24,28,31-32,34-37,39-40,42-53H2,1-3H3/b10-7-,11-8-,19-16-,20-17-,27-25-,29-26-,33-30-,41-38-/t54-/m0/s1. The Morgan fingerprint density at radius 2 is 0.635 bits per heavy atom. The van der Waals surface area contributed by atoms with Gasteiger partial charge in [-0.25, -0.2) is 0 Å². The molecule has 0 aliphatic rings. The molecule has 0 rings (SSSR count). The first-order chi connectivity index (χ1) is 31.0. The van der Waals surface area contributed by atoms with Crippen LogP contribution in [0.2, 0.25) is 0 Å². The van der Waals surface area contributed by atoms with Gasteiger partial charge in [0, 0.05) is 19.3 Å². The molecule has 0 aromatic rings. The van der Waals surface area contributed by atoms with E-state index in [2.05, 4.69) is 118 Å². The number of allylic oxidation sites excluding steroid dienone is 16. The van der Waals surface area contributed by atoms with Crippen molar-refractivity contribution in [1.29, 1.82) is 0 Å². The number of carbonyl (C=O) groups is 3. The lowest BCUT2D eigenvalue weighted by atomic mass is 10.0. The summed E-state index contributed by atoms with van der Waals surface area (Å²) < 4.78 is 16.7. The van der Waals surface area contributed by atoms with E-state index in [1.165, 1.54) is 64.2 Å².